The summed E-state index contributed by atoms with van der Waals surface area (Å²) in [4.78, 5) is 44.8. The molecule has 1 aromatic heterocycles. The highest BCUT2D eigenvalue weighted by atomic mass is 16.3. The molecule has 1 amide bonds. The van der Waals surface area contributed by atoms with Crippen LogP contribution in [0.5, 0.6) is 0 Å². The SMILES string of the molecule is O=C(c1ccccc1)[C@@H]1[C@@H](C(=O)c2ccco2)[C@@]2(C(=O)Nc3ccccc32)[C@H]2c3ccccc3C=CN12. The van der Waals surface area contributed by atoms with E-state index in [4.69, 9.17) is 4.42 Å². The topological polar surface area (TPSA) is 79.6 Å². The molecule has 0 aliphatic carbocycles. The number of Topliss-reactive ketones (excluding diaryl/α,β-unsaturated/α-hetero) is 2. The molecular weight excluding hydrogens is 464 g/mol. The number of rotatable bonds is 4. The second-order valence-electron chi connectivity index (χ2n) is 9.66. The van der Waals surface area contributed by atoms with Gasteiger partial charge in [0, 0.05) is 17.5 Å². The first-order valence-corrected chi connectivity index (χ1v) is 12.2. The Morgan fingerprint density at radius 1 is 0.838 bits per heavy atom. The van der Waals surface area contributed by atoms with Gasteiger partial charge in [0.05, 0.1) is 18.2 Å². The van der Waals surface area contributed by atoms with Gasteiger partial charge in [-0.05, 0) is 41.0 Å². The van der Waals surface area contributed by atoms with Crippen LogP contribution in [0.2, 0.25) is 0 Å². The van der Waals surface area contributed by atoms with E-state index < -0.39 is 23.4 Å². The first-order chi connectivity index (χ1) is 18.1. The van der Waals surface area contributed by atoms with E-state index in [1.54, 1.807) is 36.4 Å². The Hall–Kier alpha value is -4.71. The van der Waals surface area contributed by atoms with Gasteiger partial charge in [0.1, 0.15) is 11.5 Å². The van der Waals surface area contributed by atoms with E-state index in [0.29, 0.717) is 16.8 Å². The number of anilines is 1. The predicted molar refractivity (Wildman–Crippen MR) is 138 cm³/mol. The maximum absolute atomic E-state index is 14.3. The predicted octanol–water partition coefficient (Wildman–Crippen LogP) is 5.26. The molecule has 180 valence electrons. The zero-order valence-corrected chi connectivity index (χ0v) is 19.7. The van der Waals surface area contributed by atoms with Gasteiger partial charge in [-0.25, -0.2) is 0 Å². The van der Waals surface area contributed by atoms with Crippen LogP contribution >= 0.6 is 0 Å². The second-order valence-corrected chi connectivity index (χ2v) is 9.66. The Kier molecular flexibility index (Phi) is 4.60. The summed E-state index contributed by atoms with van der Waals surface area (Å²) in [6.45, 7) is 0. The van der Waals surface area contributed by atoms with Gasteiger partial charge < -0.3 is 14.6 Å². The lowest BCUT2D eigenvalue weighted by molar-refractivity contribution is -0.122. The van der Waals surface area contributed by atoms with Crippen LogP contribution in [-0.4, -0.2) is 28.4 Å². The van der Waals surface area contributed by atoms with Gasteiger partial charge in [0.25, 0.3) is 0 Å². The zero-order chi connectivity index (χ0) is 25.1. The fourth-order valence-electron chi connectivity index (χ4n) is 6.51. The van der Waals surface area contributed by atoms with Crippen molar-refractivity contribution in [2.24, 2.45) is 5.92 Å². The first-order valence-electron chi connectivity index (χ1n) is 12.2. The van der Waals surface area contributed by atoms with Crippen molar-refractivity contribution in [1.82, 2.24) is 4.90 Å². The summed E-state index contributed by atoms with van der Waals surface area (Å²) < 4.78 is 5.56. The number of furan rings is 1. The molecule has 0 unspecified atom stereocenters. The molecule has 4 aromatic rings. The number of amides is 1. The summed E-state index contributed by atoms with van der Waals surface area (Å²) in [5, 5.41) is 3.04. The van der Waals surface area contributed by atoms with Crippen molar-refractivity contribution in [3.05, 3.63) is 131 Å². The first kappa shape index (κ1) is 21.6. The normalized spacial score (nSPS) is 24.9. The fraction of sp³-hybridized carbons (Fsp3) is 0.129. The van der Waals surface area contributed by atoms with Crippen LogP contribution in [-0.2, 0) is 10.2 Å². The maximum atomic E-state index is 14.3. The molecule has 4 atom stereocenters. The molecule has 3 aliphatic heterocycles. The van der Waals surface area contributed by atoms with E-state index in [2.05, 4.69) is 5.32 Å². The highest BCUT2D eigenvalue weighted by Gasteiger charge is 2.71. The molecule has 37 heavy (non-hydrogen) atoms. The molecule has 6 heteroatoms. The quantitative estimate of drug-likeness (QED) is 0.398. The molecule has 0 bridgehead atoms. The van der Waals surface area contributed by atoms with Crippen molar-refractivity contribution in [2.45, 2.75) is 17.5 Å². The zero-order valence-electron chi connectivity index (χ0n) is 19.7. The molecular formula is C31H22N2O4. The molecule has 1 N–H and O–H groups in total. The molecule has 1 saturated heterocycles. The third-order valence-electron chi connectivity index (χ3n) is 7.94. The highest BCUT2D eigenvalue weighted by Crippen LogP contribution is 2.62. The van der Waals surface area contributed by atoms with Crippen LogP contribution < -0.4 is 5.32 Å². The number of benzene rings is 3. The molecule has 0 radical (unpaired) electrons. The van der Waals surface area contributed by atoms with Crippen molar-refractivity contribution in [1.29, 1.82) is 0 Å². The molecule has 3 aromatic carbocycles. The number of hydrogen-bond donors (Lipinski definition) is 1. The average molecular weight is 487 g/mol. The lowest BCUT2D eigenvalue weighted by Crippen LogP contribution is -2.49. The monoisotopic (exact) mass is 486 g/mol. The smallest absolute Gasteiger partial charge is 0.238 e. The second kappa shape index (κ2) is 7.90. The lowest BCUT2D eigenvalue weighted by atomic mass is 9.63. The van der Waals surface area contributed by atoms with E-state index >= 15 is 0 Å². The Balaban J connectivity index is 1.55. The number of nitrogens with zero attached hydrogens (tertiary/aromatic N) is 1. The summed E-state index contributed by atoms with van der Waals surface area (Å²) in [5.74, 6) is -1.78. The van der Waals surface area contributed by atoms with Crippen molar-refractivity contribution < 1.29 is 18.8 Å². The van der Waals surface area contributed by atoms with Crippen LogP contribution in [0.1, 0.15) is 43.6 Å². The standard InChI is InChI=1S/C31H22N2O4/c34-27(20-10-2-1-3-11-20)26-25(28(35)24-15-8-18-37-24)31(22-13-6-7-14-23(22)32-30(31)36)29-21-12-5-4-9-19(21)16-17-33(26)29/h1-18,25-26,29H,(H,32,36)/t25-,26-,29+,31+/m0/s1. The molecule has 0 saturated carbocycles. The molecule has 6 nitrogen and oxygen atoms in total. The third-order valence-corrected chi connectivity index (χ3v) is 7.94. The van der Waals surface area contributed by atoms with Gasteiger partial charge in [-0.3, -0.25) is 14.4 Å². The fourth-order valence-corrected chi connectivity index (χ4v) is 6.51. The van der Waals surface area contributed by atoms with Crippen LogP contribution in [0.3, 0.4) is 0 Å². The van der Waals surface area contributed by atoms with E-state index in [1.807, 2.05) is 71.8 Å². The molecule has 7 rings (SSSR count). The minimum atomic E-state index is -1.35. The van der Waals surface area contributed by atoms with Gasteiger partial charge in [-0.2, -0.15) is 0 Å². The van der Waals surface area contributed by atoms with Gasteiger partial charge in [-0.15, -0.1) is 0 Å². The van der Waals surface area contributed by atoms with Crippen LogP contribution in [0, 0.1) is 5.92 Å². The summed E-state index contributed by atoms with van der Waals surface area (Å²) in [6, 6.07) is 26.0. The molecule has 1 fully saturated rings. The summed E-state index contributed by atoms with van der Waals surface area (Å²) in [7, 11) is 0. The Bertz CT molecular complexity index is 1590. The Labute approximate surface area is 213 Å². The number of hydrogen-bond acceptors (Lipinski definition) is 5. The highest BCUT2D eigenvalue weighted by molar-refractivity contribution is 6.16. The average Bonchev–Trinajstić information content (AvgIpc) is 3.65. The molecule has 3 aliphatic rings. The van der Waals surface area contributed by atoms with Crippen molar-refractivity contribution in [3.63, 3.8) is 0 Å². The lowest BCUT2D eigenvalue weighted by Gasteiger charge is -2.38. The summed E-state index contributed by atoms with van der Waals surface area (Å²) in [6.07, 6.45) is 5.25. The number of fused-ring (bicyclic) bond motifs is 6. The number of carbonyl (C=O) groups is 3. The van der Waals surface area contributed by atoms with Crippen LogP contribution in [0.4, 0.5) is 5.69 Å². The third kappa shape index (κ3) is 2.84. The van der Waals surface area contributed by atoms with Gasteiger partial charge in [-0.1, -0.05) is 72.8 Å². The van der Waals surface area contributed by atoms with E-state index in [9.17, 15) is 14.4 Å². The molecule has 1 spiro atoms. The minimum Gasteiger partial charge on any atom is -0.461 e. The maximum Gasteiger partial charge on any atom is 0.238 e. The Morgan fingerprint density at radius 3 is 2.41 bits per heavy atom. The Morgan fingerprint density at radius 2 is 1.59 bits per heavy atom. The van der Waals surface area contributed by atoms with Gasteiger partial charge in [0.15, 0.2) is 11.5 Å². The van der Waals surface area contributed by atoms with Crippen LogP contribution in [0.25, 0.3) is 6.08 Å². The van der Waals surface area contributed by atoms with Crippen LogP contribution in [0.15, 0.2) is 108 Å². The number of nitrogens with one attached hydrogen (secondary N) is 1. The largest absolute Gasteiger partial charge is 0.461 e. The summed E-state index contributed by atoms with van der Waals surface area (Å²) >= 11 is 0. The number of para-hydroxylation sites is 1. The minimum absolute atomic E-state index is 0.129. The van der Waals surface area contributed by atoms with Crippen molar-refractivity contribution in [3.8, 4) is 0 Å². The summed E-state index contributed by atoms with van der Waals surface area (Å²) in [5.41, 5.74) is 2.36. The van der Waals surface area contributed by atoms with Gasteiger partial charge >= 0.3 is 0 Å². The molecule has 4 heterocycles. The van der Waals surface area contributed by atoms with E-state index in [1.165, 1.54) is 6.26 Å². The number of carbonyl (C=O) groups excluding carboxylic acids is 3. The van der Waals surface area contributed by atoms with Crippen molar-refractivity contribution in [2.75, 3.05) is 5.32 Å². The van der Waals surface area contributed by atoms with E-state index in [0.717, 1.165) is 11.1 Å². The van der Waals surface area contributed by atoms with E-state index in [-0.39, 0.29) is 23.2 Å². The van der Waals surface area contributed by atoms with Crippen molar-refractivity contribution >= 4 is 29.2 Å². The number of ketones is 2. The van der Waals surface area contributed by atoms with Gasteiger partial charge in [0.2, 0.25) is 11.7 Å².